The molecule has 0 radical (unpaired) electrons. The molecule has 0 N–H and O–H groups in total. The molecule has 0 spiro atoms. The Bertz CT molecular complexity index is 1090. The van der Waals surface area contributed by atoms with Crippen molar-refractivity contribution in [2.24, 2.45) is 0 Å². The molecular formula is C21H21N3O3S. The maximum atomic E-state index is 13.3. The summed E-state index contributed by atoms with van der Waals surface area (Å²) < 4.78 is 24.7. The predicted molar refractivity (Wildman–Crippen MR) is 107 cm³/mol. The second-order valence-corrected chi connectivity index (χ2v) is 9.74. The number of sulfone groups is 1. The Kier molecular flexibility index (Phi) is 4.39. The van der Waals surface area contributed by atoms with Crippen LogP contribution in [0.3, 0.4) is 0 Å². The number of benzene rings is 2. The van der Waals surface area contributed by atoms with E-state index in [4.69, 9.17) is 5.26 Å². The van der Waals surface area contributed by atoms with Crippen LogP contribution in [-0.2, 0) is 16.4 Å². The van der Waals surface area contributed by atoms with Crippen molar-refractivity contribution < 1.29 is 13.2 Å². The molecule has 2 aromatic rings. The first kappa shape index (κ1) is 18.5. The lowest BCUT2D eigenvalue weighted by Crippen LogP contribution is -2.38. The first-order valence-electron chi connectivity index (χ1n) is 9.15. The summed E-state index contributed by atoms with van der Waals surface area (Å²) in [6.07, 6.45) is 0. The topological polar surface area (TPSA) is 81.5 Å². The van der Waals surface area contributed by atoms with E-state index in [2.05, 4.69) is 6.07 Å². The van der Waals surface area contributed by atoms with Crippen molar-refractivity contribution in [1.29, 1.82) is 5.26 Å². The van der Waals surface area contributed by atoms with Gasteiger partial charge >= 0.3 is 6.03 Å². The molecule has 0 unspecified atom stereocenters. The molecular weight excluding hydrogens is 374 g/mol. The lowest BCUT2D eigenvalue weighted by Gasteiger charge is -2.24. The van der Waals surface area contributed by atoms with Gasteiger partial charge in [-0.1, -0.05) is 24.3 Å². The maximum Gasteiger partial charge on any atom is 0.325 e. The second kappa shape index (κ2) is 6.64. The van der Waals surface area contributed by atoms with Gasteiger partial charge in [0.25, 0.3) is 0 Å². The van der Waals surface area contributed by atoms with Crippen LogP contribution in [0.5, 0.6) is 0 Å². The Hall–Kier alpha value is -2.85. The summed E-state index contributed by atoms with van der Waals surface area (Å²) in [5, 5.41) is 8.96. The number of anilines is 1. The molecule has 2 aromatic carbocycles. The third kappa shape index (κ3) is 3.14. The van der Waals surface area contributed by atoms with Gasteiger partial charge in [0.05, 0.1) is 35.2 Å². The van der Waals surface area contributed by atoms with Gasteiger partial charge in [-0.2, -0.15) is 5.26 Å². The van der Waals surface area contributed by atoms with Gasteiger partial charge < -0.3 is 4.90 Å². The molecule has 2 saturated heterocycles. The van der Waals surface area contributed by atoms with Gasteiger partial charge in [-0.05, 0) is 48.7 Å². The van der Waals surface area contributed by atoms with Gasteiger partial charge in [0.2, 0.25) is 0 Å². The predicted octanol–water partition coefficient (Wildman–Crippen LogP) is 2.78. The lowest BCUT2D eigenvalue weighted by atomic mass is 10.1. The van der Waals surface area contributed by atoms with Gasteiger partial charge in [0.1, 0.15) is 0 Å². The third-order valence-electron chi connectivity index (χ3n) is 5.54. The Morgan fingerprint density at radius 3 is 2.43 bits per heavy atom. The van der Waals surface area contributed by atoms with E-state index in [1.807, 2.05) is 44.2 Å². The molecule has 6 nitrogen and oxygen atoms in total. The van der Waals surface area contributed by atoms with E-state index >= 15 is 0 Å². The van der Waals surface area contributed by atoms with Gasteiger partial charge in [0.15, 0.2) is 9.84 Å². The van der Waals surface area contributed by atoms with E-state index in [1.165, 1.54) is 0 Å². The van der Waals surface area contributed by atoms with Crippen LogP contribution in [0.1, 0.15) is 22.3 Å². The van der Waals surface area contributed by atoms with Crippen LogP contribution >= 0.6 is 0 Å². The highest BCUT2D eigenvalue weighted by atomic mass is 32.2. The van der Waals surface area contributed by atoms with Crippen molar-refractivity contribution in [3.8, 4) is 6.07 Å². The standard InChI is InChI=1S/C21H21N3O3S/c1-14-3-4-15(2)18(9-14)24-20-13-28(26,27)12-19(20)23(21(24)25)11-17-7-5-16(10-22)6-8-17/h3-9,19-20H,11-13H2,1-2H3/t19-,20+/m0/s1. The van der Waals surface area contributed by atoms with E-state index in [9.17, 15) is 13.2 Å². The number of hydrogen-bond donors (Lipinski definition) is 0. The molecule has 7 heteroatoms. The summed E-state index contributed by atoms with van der Waals surface area (Å²) in [4.78, 5) is 16.7. The fraction of sp³-hybridized carbons (Fsp3) is 0.333. The number of hydrogen-bond acceptors (Lipinski definition) is 4. The minimum Gasteiger partial charge on any atom is -0.314 e. The fourth-order valence-corrected chi connectivity index (χ4v) is 6.05. The molecule has 2 heterocycles. The molecule has 0 aliphatic carbocycles. The largest absolute Gasteiger partial charge is 0.325 e. The zero-order valence-electron chi connectivity index (χ0n) is 15.8. The van der Waals surface area contributed by atoms with Crippen molar-refractivity contribution in [3.05, 3.63) is 64.7 Å². The summed E-state index contributed by atoms with van der Waals surface area (Å²) in [5.41, 5.74) is 4.17. The number of nitrogens with zero attached hydrogens (tertiary/aromatic N) is 3. The number of carbonyl (C=O) groups excluding carboxylic acids is 1. The quantitative estimate of drug-likeness (QED) is 0.749. The normalized spacial score (nSPS) is 23.0. The molecule has 2 aliphatic heterocycles. The molecule has 4 rings (SSSR count). The number of urea groups is 1. The maximum absolute atomic E-state index is 13.3. The van der Waals surface area contributed by atoms with Gasteiger partial charge in [-0.3, -0.25) is 4.90 Å². The summed E-state index contributed by atoms with van der Waals surface area (Å²) in [6.45, 7) is 4.22. The van der Waals surface area contributed by atoms with E-state index in [-0.39, 0.29) is 29.6 Å². The van der Waals surface area contributed by atoms with Gasteiger partial charge in [-0.15, -0.1) is 0 Å². The first-order chi connectivity index (χ1) is 13.3. The van der Waals surface area contributed by atoms with E-state index in [0.29, 0.717) is 12.1 Å². The Morgan fingerprint density at radius 1 is 1.07 bits per heavy atom. The third-order valence-corrected chi connectivity index (χ3v) is 7.24. The van der Waals surface area contributed by atoms with Crippen LogP contribution in [0, 0.1) is 25.2 Å². The van der Waals surface area contributed by atoms with Crippen molar-refractivity contribution >= 4 is 21.6 Å². The van der Waals surface area contributed by atoms with Gasteiger partial charge in [-0.25, -0.2) is 13.2 Å². The van der Waals surface area contributed by atoms with Crippen molar-refractivity contribution in [1.82, 2.24) is 4.90 Å². The number of carbonyl (C=O) groups is 1. The van der Waals surface area contributed by atoms with Gasteiger partial charge in [0, 0.05) is 12.2 Å². The van der Waals surface area contributed by atoms with Crippen molar-refractivity contribution in [3.63, 3.8) is 0 Å². The Balaban J connectivity index is 1.72. The van der Waals surface area contributed by atoms with Crippen molar-refractivity contribution in [2.45, 2.75) is 32.5 Å². The van der Waals surface area contributed by atoms with Crippen LogP contribution in [0.2, 0.25) is 0 Å². The zero-order valence-corrected chi connectivity index (χ0v) is 16.6. The summed E-state index contributed by atoms with van der Waals surface area (Å²) >= 11 is 0. The SMILES string of the molecule is Cc1ccc(C)c(N2C(=O)N(Cc3ccc(C#N)cc3)[C@H]3CS(=O)(=O)C[C@H]32)c1. The van der Waals surface area contributed by atoms with E-state index < -0.39 is 9.84 Å². The number of amides is 2. The zero-order chi connectivity index (χ0) is 20.1. The first-order valence-corrected chi connectivity index (χ1v) is 11.0. The van der Waals surface area contributed by atoms with Crippen LogP contribution < -0.4 is 4.90 Å². The smallest absolute Gasteiger partial charge is 0.314 e. The molecule has 2 aliphatic rings. The molecule has 28 heavy (non-hydrogen) atoms. The van der Waals surface area contributed by atoms with Crippen LogP contribution in [0.15, 0.2) is 42.5 Å². The van der Waals surface area contributed by atoms with Crippen LogP contribution in [0.4, 0.5) is 10.5 Å². The summed E-state index contributed by atoms with van der Waals surface area (Å²) in [7, 11) is -3.21. The highest BCUT2D eigenvalue weighted by Gasteiger charge is 2.54. The molecule has 0 bridgehead atoms. The second-order valence-electron chi connectivity index (χ2n) is 7.59. The molecule has 0 aromatic heterocycles. The average Bonchev–Trinajstić information content (AvgIpc) is 3.09. The number of fused-ring (bicyclic) bond motifs is 1. The molecule has 2 amide bonds. The summed E-state index contributed by atoms with van der Waals surface area (Å²) in [5.74, 6) is -0.0261. The monoisotopic (exact) mass is 395 g/mol. The summed E-state index contributed by atoms with van der Waals surface area (Å²) in [6, 6.07) is 14.1. The minimum atomic E-state index is -3.21. The van der Waals surface area contributed by atoms with E-state index in [0.717, 1.165) is 22.4 Å². The molecule has 144 valence electrons. The van der Waals surface area contributed by atoms with E-state index in [1.54, 1.807) is 21.9 Å². The molecule has 2 atom stereocenters. The highest BCUT2D eigenvalue weighted by Crippen LogP contribution is 2.37. The number of rotatable bonds is 3. The van der Waals surface area contributed by atoms with Crippen LogP contribution in [0.25, 0.3) is 0 Å². The average molecular weight is 395 g/mol. The Labute approximate surface area is 164 Å². The fourth-order valence-electron chi connectivity index (χ4n) is 4.10. The Morgan fingerprint density at radius 2 is 1.75 bits per heavy atom. The van der Waals surface area contributed by atoms with Crippen molar-refractivity contribution in [2.75, 3.05) is 16.4 Å². The molecule has 0 saturated carbocycles. The molecule has 2 fully saturated rings. The minimum absolute atomic E-state index is 0.0128. The lowest BCUT2D eigenvalue weighted by molar-refractivity contribution is 0.206. The van der Waals surface area contributed by atoms with Crippen LogP contribution in [-0.4, -0.2) is 42.9 Å². The number of aryl methyl sites for hydroxylation is 2. The highest BCUT2D eigenvalue weighted by molar-refractivity contribution is 7.91. The number of nitriles is 1.